The Morgan fingerprint density at radius 3 is 2.65 bits per heavy atom. The number of nitrogens with zero attached hydrogens (tertiary/aromatic N) is 2. The minimum Gasteiger partial charge on any atom is -0.284 e. The SMILES string of the molecule is C=CCN(CC=C)NC(=O)c1ccnc(C)c1. The molecule has 0 bridgehead atoms. The molecule has 0 aliphatic rings. The molecule has 4 nitrogen and oxygen atoms in total. The molecule has 0 saturated carbocycles. The summed E-state index contributed by atoms with van der Waals surface area (Å²) in [6.07, 6.45) is 5.07. The molecule has 0 fully saturated rings. The molecule has 1 rings (SSSR count). The molecule has 0 spiro atoms. The van der Waals surface area contributed by atoms with Gasteiger partial charge in [-0.05, 0) is 19.1 Å². The molecule has 1 amide bonds. The Morgan fingerprint density at radius 1 is 1.47 bits per heavy atom. The minimum atomic E-state index is -0.154. The Kier molecular flexibility index (Phi) is 5.10. The molecule has 1 heterocycles. The van der Waals surface area contributed by atoms with E-state index >= 15 is 0 Å². The molecule has 0 aliphatic heterocycles. The van der Waals surface area contributed by atoms with Gasteiger partial charge < -0.3 is 0 Å². The highest BCUT2D eigenvalue weighted by atomic mass is 16.2. The third kappa shape index (κ3) is 4.20. The van der Waals surface area contributed by atoms with Gasteiger partial charge in [0.05, 0.1) is 0 Å². The first-order valence-corrected chi connectivity index (χ1v) is 5.37. The molecule has 17 heavy (non-hydrogen) atoms. The third-order valence-electron chi connectivity index (χ3n) is 2.12. The van der Waals surface area contributed by atoms with Crippen LogP contribution in [0, 0.1) is 6.92 Å². The van der Waals surface area contributed by atoms with Crippen LogP contribution in [0.2, 0.25) is 0 Å². The summed E-state index contributed by atoms with van der Waals surface area (Å²) in [6.45, 7) is 10.3. The zero-order valence-corrected chi connectivity index (χ0v) is 10.0. The maximum atomic E-state index is 11.9. The maximum absolute atomic E-state index is 11.9. The summed E-state index contributed by atoms with van der Waals surface area (Å²) < 4.78 is 0. The van der Waals surface area contributed by atoms with Gasteiger partial charge in [-0.2, -0.15) is 0 Å². The number of nitrogens with one attached hydrogen (secondary N) is 1. The fraction of sp³-hybridized carbons (Fsp3) is 0.231. The topological polar surface area (TPSA) is 45.2 Å². The quantitative estimate of drug-likeness (QED) is 0.599. The molecule has 1 N–H and O–H groups in total. The Bertz CT molecular complexity index is 405. The van der Waals surface area contributed by atoms with Crippen molar-refractivity contribution in [2.24, 2.45) is 0 Å². The Balaban J connectivity index is 2.69. The van der Waals surface area contributed by atoms with Crippen LogP contribution in [0.1, 0.15) is 16.1 Å². The van der Waals surface area contributed by atoms with Crippen molar-refractivity contribution in [3.8, 4) is 0 Å². The molecule has 0 radical (unpaired) electrons. The zero-order chi connectivity index (χ0) is 12.7. The Hall–Kier alpha value is -1.94. The number of hydrazine groups is 1. The van der Waals surface area contributed by atoms with Crippen LogP contribution in [0.5, 0.6) is 0 Å². The maximum Gasteiger partial charge on any atom is 0.265 e. The van der Waals surface area contributed by atoms with E-state index in [-0.39, 0.29) is 5.91 Å². The summed E-state index contributed by atoms with van der Waals surface area (Å²) in [5.41, 5.74) is 4.20. The third-order valence-corrected chi connectivity index (χ3v) is 2.12. The van der Waals surface area contributed by atoms with Crippen molar-refractivity contribution < 1.29 is 4.79 Å². The molecule has 0 atom stereocenters. The van der Waals surface area contributed by atoms with E-state index in [1.165, 1.54) is 0 Å². The van der Waals surface area contributed by atoms with Crippen LogP contribution in [-0.2, 0) is 0 Å². The van der Waals surface area contributed by atoms with E-state index < -0.39 is 0 Å². The van der Waals surface area contributed by atoms with E-state index in [0.717, 1.165) is 5.69 Å². The van der Waals surface area contributed by atoms with Crippen LogP contribution in [-0.4, -0.2) is 29.0 Å². The molecule has 0 saturated heterocycles. The van der Waals surface area contributed by atoms with Crippen LogP contribution in [0.4, 0.5) is 0 Å². The fourth-order valence-corrected chi connectivity index (χ4v) is 1.37. The molecule has 90 valence electrons. The van der Waals surface area contributed by atoms with Gasteiger partial charge in [0.2, 0.25) is 0 Å². The van der Waals surface area contributed by atoms with E-state index in [2.05, 4.69) is 23.6 Å². The van der Waals surface area contributed by atoms with Gasteiger partial charge in [-0.3, -0.25) is 15.2 Å². The van der Waals surface area contributed by atoms with Crippen LogP contribution >= 0.6 is 0 Å². The lowest BCUT2D eigenvalue weighted by molar-refractivity contribution is 0.0824. The number of carbonyl (C=O) groups is 1. The van der Waals surface area contributed by atoms with E-state index in [0.29, 0.717) is 18.7 Å². The first-order chi connectivity index (χ1) is 8.17. The van der Waals surface area contributed by atoms with Gasteiger partial charge in [-0.1, -0.05) is 12.2 Å². The molecular formula is C13H17N3O. The Morgan fingerprint density at radius 2 is 2.12 bits per heavy atom. The van der Waals surface area contributed by atoms with E-state index in [1.807, 2.05) is 6.92 Å². The van der Waals surface area contributed by atoms with E-state index in [9.17, 15) is 4.79 Å². The number of hydrogen-bond acceptors (Lipinski definition) is 3. The summed E-state index contributed by atoms with van der Waals surface area (Å²) in [4.78, 5) is 16.0. The lowest BCUT2D eigenvalue weighted by Crippen LogP contribution is -2.42. The summed E-state index contributed by atoms with van der Waals surface area (Å²) in [5, 5.41) is 1.73. The van der Waals surface area contributed by atoms with Gasteiger partial charge in [0.25, 0.3) is 5.91 Å². The second-order valence-corrected chi connectivity index (χ2v) is 3.61. The Labute approximate surface area is 102 Å². The molecule has 0 aliphatic carbocycles. The summed E-state index contributed by atoms with van der Waals surface area (Å²) in [5.74, 6) is -0.154. The second-order valence-electron chi connectivity index (χ2n) is 3.61. The molecule has 4 heteroatoms. The number of pyridine rings is 1. The average molecular weight is 231 g/mol. The number of carbonyl (C=O) groups excluding carboxylic acids is 1. The van der Waals surface area contributed by atoms with Gasteiger partial charge in [0, 0.05) is 30.5 Å². The highest BCUT2D eigenvalue weighted by Gasteiger charge is 2.09. The number of rotatable bonds is 6. The van der Waals surface area contributed by atoms with E-state index in [1.54, 1.807) is 35.5 Å². The normalized spacial score (nSPS) is 10.0. The molecule has 1 aromatic rings. The predicted octanol–water partition coefficient (Wildman–Crippen LogP) is 1.71. The van der Waals surface area contributed by atoms with Crippen LogP contribution < -0.4 is 5.43 Å². The standard InChI is InChI=1S/C13H17N3O/c1-4-8-16(9-5-2)15-13(17)12-6-7-14-11(3)10-12/h4-7,10H,1-2,8-9H2,3H3,(H,15,17). The second kappa shape index (κ2) is 6.60. The van der Waals surface area contributed by atoms with Crippen LogP contribution in [0.3, 0.4) is 0 Å². The highest BCUT2D eigenvalue weighted by Crippen LogP contribution is 2.01. The minimum absolute atomic E-state index is 0.154. The van der Waals surface area contributed by atoms with Crippen molar-refractivity contribution in [2.75, 3.05) is 13.1 Å². The monoisotopic (exact) mass is 231 g/mol. The van der Waals surface area contributed by atoms with Crippen LogP contribution in [0.15, 0.2) is 43.6 Å². The van der Waals surface area contributed by atoms with Crippen molar-refractivity contribution in [3.63, 3.8) is 0 Å². The smallest absolute Gasteiger partial charge is 0.265 e. The van der Waals surface area contributed by atoms with Gasteiger partial charge in [-0.25, -0.2) is 5.01 Å². The van der Waals surface area contributed by atoms with E-state index in [4.69, 9.17) is 0 Å². The fourth-order valence-electron chi connectivity index (χ4n) is 1.37. The van der Waals surface area contributed by atoms with Crippen molar-refractivity contribution in [1.29, 1.82) is 0 Å². The average Bonchev–Trinajstić information content (AvgIpc) is 2.29. The van der Waals surface area contributed by atoms with Gasteiger partial charge >= 0.3 is 0 Å². The lowest BCUT2D eigenvalue weighted by atomic mass is 10.2. The summed E-state index contributed by atoms with van der Waals surface area (Å²) in [7, 11) is 0. The lowest BCUT2D eigenvalue weighted by Gasteiger charge is -2.19. The number of hydrogen-bond donors (Lipinski definition) is 1. The summed E-state index contributed by atoms with van der Waals surface area (Å²) in [6, 6.07) is 3.43. The number of aryl methyl sites for hydroxylation is 1. The first-order valence-electron chi connectivity index (χ1n) is 5.37. The number of aromatic nitrogens is 1. The molecule has 1 aromatic heterocycles. The molecular weight excluding hydrogens is 214 g/mol. The first kappa shape index (κ1) is 13.1. The van der Waals surface area contributed by atoms with Crippen LogP contribution in [0.25, 0.3) is 0 Å². The van der Waals surface area contributed by atoms with Gasteiger partial charge in [0.1, 0.15) is 0 Å². The number of amides is 1. The predicted molar refractivity (Wildman–Crippen MR) is 68.4 cm³/mol. The van der Waals surface area contributed by atoms with Crippen molar-refractivity contribution in [3.05, 3.63) is 54.9 Å². The van der Waals surface area contributed by atoms with Crippen molar-refractivity contribution in [1.82, 2.24) is 15.4 Å². The molecule has 0 aromatic carbocycles. The van der Waals surface area contributed by atoms with Crippen molar-refractivity contribution in [2.45, 2.75) is 6.92 Å². The van der Waals surface area contributed by atoms with Gasteiger partial charge in [-0.15, -0.1) is 13.2 Å². The van der Waals surface area contributed by atoms with Gasteiger partial charge in [0.15, 0.2) is 0 Å². The highest BCUT2D eigenvalue weighted by molar-refractivity contribution is 5.93. The zero-order valence-electron chi connectivity index (χ0n) is 10.0. The van der Waals surface area contributed by atoms with Crippen molar-refractivity contribution >= 4 is 5.91 Å². The summed E-state index contributed by atoms with van der Waals surface area (Å²) >= 11 is 0. The molecule has 0 unspecified atom stereocenters. The largest absolute Gasteiger partial charge is 0.284 e.